The lowest BCUT2D eigenvalue weighted by atomic mass is 9.90. The molecule has 2 aromatic rings. The maximum Gasteiger partial charge on any atom is 0.410 e. The highest BCUT2D eigenvalue weighted by molar-refractivity contribution is 5.69. The number of ether oxygens (including phenoxy) is 3. The van der Waals surface area contributed by atoms with E-state index in [2.05, 4.69) is 11.8 Å². The highest BCUT2D eigenvalue weighted by atomic mass is 16.5. The number of rotatable bonds is 3. The molecule has 0 fully saturated rings. The molecule has 0 saturated carbocycles. The quantitative estimate of drug-likeness (QED) is 0.776. The Labute approximate surface area is 159 Å². The molecule has 0 N–H and O–H groups in total. The minimum atomic E-state index is -0.345. The van der Waals surface area contributed by atoms with E-state index in [0.29, 0.717) is 24.5 Å². The summed E-state index contributed by atoms with van der Waals surface area (Å²) >= 11 is 0. The molecule has 1 aliphatic rings. The largest absolute Gasteiger partial charge is 0.493 e. The second-order valence-corrected chi connectivity index (χ2v) is 6.21. The Morgan fingerprint density at radius 3 is 2.48 bits per heavy atom. The van der Waals surface area contributed by atoms with Gasteiger partial charge in [-0.3, -0.25) is 4.90 Å². The summed E-state index contributed by atoms with van der Waals surface area (Å²) in [4.78, 5) is 14.0. The Kier molecular flexibility index (Phi) is 5.87. The van der Waals surface area contributed by atoms with Crippen LogP contribution in [0.3, 0.4) is 0 Å². The molecule has 5 nitrogen and oxygen atoms in total. The standard InChI is InChI=1S/C22H23NO4/c1-25-20-14-17-12-13-23(22(24)27-3)19(18(17)15-21(20)26-2)11-7-10-16-8-5-4-6-9-16/h4-6,8-9,14-15,19H,11-13H2,1-3H3/t19-/m1/s1. The van der Waals surface area contributed by atoms with Gasteiger partial charge in [-0.2, -0.15) is 0 Å². The molecule has 1 amide bonds. The zero-order valence-electron chi connectivity index (χ0n) is 15.8. The Hall–Kier alpha value is -3.13. The fourth-order valence-electron chi connectivity index (χ4n) is 3.36. The first-order valence-corrected chi connectivity index (χ1v) is 8.81. The number of carbonyl (C=O) groups excluding carboxylic acids is 1. The highest BCUT2D eigenvalue weighted by Gasteiger charge is 2.32. The van der Waals surface area contributed by atoms with Crippen LogP contribution in [-0.4, -0.2) is 38.9 Å². The summed E-state index contributed by atoms with van der Waals surface area (Å²) in [6, 6.07) is 13.5. The molecule has 2 aromatic carbocycles. The third kappa shape index (κ3) is 4.01. The number of hydrogen-bond donors (Lipinski definition) is 0. The Bertz CT molecular complexity index is 867. The van der Waals surface area contributed by atoms with E-state index < -0.39 is 0 Å². The van der Waals surface area contributed by atoms with E-state index in [4.69, 9.17) is 14.2 Å². The monoisotopic (exact) mass is 365 g/mol. The van der Waals surface area contributed by atoms with Crippen molar-refractivity contribution in [2.45, 2.75) is 18.9 Å². The van der Waals surface area contributed by atoms with Gasteiger partial charge in [0.15, 0.2) is 11.5 Å². The predicted octanol–water partition coefficient (Wildman–Crippen LogP) is 3.81. The van der Waals surface area contributed by atoms with Crippen molar-refractivity contribution in [1.82, 2.24) is 4.90 Å². The van der Waals surface area contributed by atoms with Gasteiger partial charge in [-0.25, -0.2) is 4.79 Å². The smallest absolute Gasteiger partial charge is 0.410 e. The maximum absolute atomic E-state index is 12.3. The topological polar surface area (TPSA) is 48.0 Å². The molecule has 0 aliphatic carbocycles. The summed E-state index contributed by atoms with van der Waals surface area (Å²) < 4.78 is 15.8. The predicted molar refractivity (Wildman–Crippen MR) is 103 cm³/mol. The van der Waals surface area contributed by atoms with Crippen molar-refractivity contribution in [3.05, 3.63) is 59.2 Å². The van der Waals surface area contributed by atoms with E-state index in [1.54, 1.807) is 19.1 Å². The summed E-state index contributed by atoms with van der Waals surface area (Å²) in [5, 5.41) is 0. The van der Waals surface area contributed by atoms with Gasteiger partial charge in [-0.15, -0.1) is 0 Å². The summed E-state index contributed by atoms with van der Waals surface area (Å²) in [6.07, 6.45) is 0.891. The highest BCUT2D eigenvalue weighted by Crippen LogP contribution is 2.39. The molecule has 0 unspecified atom stereocenters. The third-order valence-corrected chi connectivity index (χ3v) is 4.71. The first-order valence-electron chi connectivity index (χ1n) is 8.81. The van der Waals surface area contributed by atoms with Crippen LogP contribution in [0.1, 0.15) is 29.2 Å². The number of benzene rings is 2. The van der Waals surface area contributed by atoms with Crippen LogP contribution in [0, 0.1) is 11.8 Å². The fraction of sp³-hybridized carbons (Fsp3) is 0.318. The van der Waals surface area contributed by atoms with Gasteiger partial charge in [0.1, 0.15) is 0 Å². The zero-order chi connectivity index (χ0) is 19.2. The minimum Gasteiger partial charge on any atom is -0.493 e. The normalized spacial score (nSPS) is 15.2. The first kappa shape index (κ1) is 18.7. The van der Waals surface area contributed by atoms with Crippen molar-refractivity contribution < 1.29 is 19.0 Å². The van der Waals surface area contributed by atoms with Crippen molar-refractivity contribution in [2.24, 2.45) is 0 Å². The van der Waals surface area contributed by atoms with E-state index >= 15 is 0 Å². The summed E-state index contributed by atoms with van der Waals surface area (Å²) in [6.45, 7) is 0.576. The third-order valence-electron chi connectivity index (χ3n) is 4.71. The van der Waals surface area contributed by atoms with E-state index in [0.717, 1.165) is 23.1 Å². The Balaban J connectivity index is 1.96. The van der Waals surface area contributed by atoms with Gasteiger partial charge in [0.05, 0.1) is 27.4 Å². The maximum atomic E-state index is 12.3. The van der Waals surface area contributed by atoms with Crippen LogP contribution in [0.4, 0.5) is 4.79 Å². The molecular weight excluding hydrogens is 342 g/mol. The van der Waals surface area contributed by atoms with Gasteiger partial charge in [-0.05, 0) is 41.8 Å². The Morgan fingerprint density at radius 1 is 1.11 bits per heavy atom. The molecule has 27 heavy (non-hydrogen) atoms. The summed E-state index contributed by atoms with van der Waals surface area (Å²) in [5.41, 5.74) is 3.11. The van der Waals surface area contributed by atoms with Crippen LogP contribution >= 0.6 is 0 Å². The fourth-order valence-corrected chi connectivity index (χ4v) is 3.36. The van der Waals surface area contributed by atoms with E-state index in [9.17, 15) is 4.79 Å². The second kappa shape index (κ2) is 8.50. The van der Waals surface area contributed by atoms with E-state index in [1.165, 1.54) is 7.11 Å². The van der Waals surface area contributed by atoms with E-state index in [1.807, 2.05) is 42.5 Å². The first-order chi connectivity index (χ1) is 13.2. The average molecular weight is 365 g/mol. The van der Waals surface area contributed by atoms with Crippen LogP contribution in [0.15, 0.2) is 42.5 Å². The molecule has 1 heterocycles. The van der Waals surface area contributed by atoms with Crippen molar-refractivity contribution in [3.8, 4) is 23.3 Å². The van der Waals surface area contributed by atoms with Gasteiger partial charge in [-0.1, -0.05) is 30.0 Å². The number of carbonyl (C=O) groups is 1. The van der Waals surface area contributed by atoms with Crippen LogP contribution in [0.5, 0.6) is 11.5 Å². The summed E-state index contributed by atoms with van der Waals surface area (Å²) in [7, 11) is 4.63. The molecule has 0 spiro atoms. The van der Waals surface area contributed by atoms with Gasteiger partial charge in [0, 0.05) is 18.5 Å². The van der Waals surface area contributed by atoms with Crippen LogP contribution in [0.2, 0.25) is 0 Å². The Morgan fingerprint density at radius 2 is 1.81 bits per heavy atom. The number of fused-ring (bicyclic) bond motifs is 1. The van der Waals surface area contributed by atoms with Gasteiger partial charge < -0.3 is 14.2 Å². The molecule has 1 atom stereocenters. The second-order valence-electron chi connectivity index (χ2n) is 6.21. The SMILES string of the molecule is COC(=O)N1CCc2cc(OC)c(OC)cc2[C@H]1CC#Cc1ccccc1. The van der Waals surface area contributed by atoms with Crippen molar-refractivity contribution in [1.29, 1.82) is 0 Å². The average Bonchev–Trinajstić information content (AvgIpc) is 2.72. The van der Waals surface area contributed by atoms with Crippen molar-refractivity contribution >= 4 is 6.09 Å². The minimum absolute atomic E-state index is 0.197. The lowest BCUT2D eigenvalue weighted by Gasteiger charge is -2.35. The van der Waals surface area contributed by atoms with Crippen molar-refractivity contribution in [2.75, 3.05) is 27.9 Å². The molecule has 3 rings (SSSR count). The van der Waals surface area contributed by atoms with Gasteiger partial charge in [0.25, 0.3) is 0 Å². The number of amides is 1. The molecule has 140 valence electrons. The molecule has 0 bridgehead atoms. The summed E-state index contributed by atoms with van der Waals surface area (Å²) in [5.74, 6) is 7.72. The van der Waals surface area contributed by atoms with Crippen molar-refractivity contribution in [3.63, 3.8) is 0 Å². The molecule has 0 saturated heterocycles. The molecule has 1 aliphatic heterocycles. The van der Waals surface area contributed by atoms with Gasteiger partial charge in [0.2, 0.25) is 0 Å². The number of methoxy groups -OCH3 is 3. The van der Waals surface area contributed by atoms with E-state index in [-0.39, 0.29) is 12.1 Å². The van der Waals surface area contributed by atoms with Crippen LogP contribution in [0.25, 0.3) is 0 Å². The number of hydrogen-bond acceptors (Lipinski definition) is 4. The molecule has 0 aromatic heterocycles. The number of nitrogens with zero attached hydrogens (tertiary/aromatic N) is 1. The molecule has 0 radical (unpaired) electrons. The lowest BCUT2D eigenvalue weighted by molar-refractivity contribution is 0.102. The van der Waals surface area contributed by atoms with Crippen LogP contribution in [-0.2, 0) is 11.2 Å². The van der Waals surface area contributed by atoms with Gasteiger partial charge >= 0.3 is 6.09 Å². The zero-order valence-corrected chi connectivity index (χ0v) is 15.8. The lowest BCUT2D eigenvalue weighted by Crippen LogP contribution is -2.40. The molecular formula is C22H23NO4. The molecule has 5 heteroatoms. The van der Waals surface area contributed by atoms with Crippen LogP contribution < -0.4 is 9.47 Å².